The molecule has 0 aliphatic carbocycles. The van der Waals surface area contributed by atoms with Crippen molar-refractivity contribution in [1.82, 2.24) is 9.97 Å². The highest BCUT2D eigenvalue weighted by molar-refractivity contribution is 6.30. The molecule has 0 N–H and O–H groups in total. The third kappa shape index (κ3) is 3.11. The lowest BCUT2D eigenvalue weighted by molar-refractivity contribution is 0.461. The second-order valence-corrected chi connectivity index (χ2v) is 4.22. The fraction of sp³-hybridized carbons (Fsp3) is 0.231. The summed E-state index contributed by atoms with van der Waals surface area (Å²) in [7, 11) is 1.97. The molecule has 0 amide bonds. The summed E-state index contributed by atoms with van der Waals surface area (Å²) in [5.74, 6) is 2.04. The van der Waals surface area contributed by atoms with E-state index < -0.39 is 0 Å². The molecule has 2 rings (SSSR count). The summed E-state index contributed by atoms with van der Waals surface area (Å²) < 4.78 is 5.63. The number of rotatable bonds is 4. The van der Waals surface area contributed by atoms with E-state index in [4.69, 9.17) is 16.3 Å². The maximum Gasteiger partial charge on any atom is 0.224 e. The summed E-state index contributed by atoms with van der Waals surface area (Å²) in [5, 5.41) is 0.677. The maximum atomic E-state index is 5.81. The molecular formula is C13H14ClN3O. The van der Waals surface area contributed by atoms with Crippen LogP contribution in [-0.2, 0) is 0 Å². The van der Waals surface area contributed by atoms with E-state index in [-0.39, 0.29) is 0 Å². The largest absolute Gasteiger partial charge is 0.439 e. The summed E-state index contributed by atoms with van der Waals surface area (Å²) in [6.45, 7) is 2.93. The summed E-state index contributed by atoms with van der Waals surface area (Å²) in [5.41, 5.74) is 0. The van der Waals surface area contributed by atoms with E-state index >= 15 is 0 Å². The van der Waals surface area contributed by atoms with Gasteiger partial charge >= 0.3 is 0 Å². The van der Waals surface area contributed by atoms with Crippen LogP contribution < -0.4 is 9.64 Å². The average Bonchev–Trinajstić information content (AvgIpc) is 2.41. The fourth-order valence-electron chi connectivity index (χ4n) is 1.38. The number of halogens is 1. The summed E-state index contributed by atoms with van der Waals surface area (Å²) in [6.07, 6.45) is 1.49. The Morgan fingerprint density at radius 3 is 2.61 bits per heavy atom. The SMILES string of the molecule is CCN(C)c1cc(Oc2ccc(Cl)cc2)ncn1. The van der Waals surface area contributed by atoms with Gasteiger partial charge in [-0.3, -0.25) is 0 Å². The molecule has 0 saturated carbocycles. The molecule has 0 radical (unpaired) electrons. The quantitative estimate of drug-likeness (QED) is 0.848. The molecule has 4 nitrogen and oxygen atoms in total. The molecule has 1 aromatic heterocycles. The fourth-order valence-corrected chi connectivity index (χ4v) is 1.51. The number of nitrogens with zero attached hydrogens (tertiary/aromatic N) is 3. The zero-order valence-electron chi connectivity index (χ0n) is 10.3. The van der Waals surface area contributed by atoms with Crippen molar-refractivity contribution >= 4 is 17.4 Å². The smallest absolute Gasteiger partial charge is 0.224 e. The van der Waals surface area contributed by atoms with Crippen LogP contribution >= 0.6 is 11.6 Å². The average molecular weight is 264 g/mol. The lowest BCUT2D eigenvalue weighted by atomic mass is 10.3. The molecule has 0 saturated heterocycles. The molecule has 5 heteroatoms. The third-order valence-electron chi connectivity index (χ3n) is 2.53. The predicted octanol–water partition coefficient (Wildman–Crippen LogP) is 3.38. The molecule has 0 atom stereocenters. The Labute approximate surface area is 111 Å². The van der Waals surface area contributed by atoms with Crippen LogP contribution in [0.15, 0.2) is 36.7 Å². The minimum Gasteiger partial charge on any atom is -0.439 e. The van der Waals surface area contributed by atoms with E-state index in [2.05, 4.69) is 16.9 Å². The van der Waals surface area contributed by atoms with Gasteiger partial charge in [0, 0.05) is 24.7 Å². The van der Waals surface area contributed by atoms with E-state index in [9.17, 15) is 0 Å². The van der Waals surface area contributed by atoms with Crippen LogP contribution in [-0.4, -0.2) is 23.6 Å². The zero-order chi connectivity index (χ0) is 13.0. The van der Waals surface area contributed by atoms with Gasteiger partial charge in [0.25, 0.3) is 0 Å². The first-order valence-electron chi connectivity index (χ1n) is 5.65. The van der Waals surface area contributed by atoms with Crippen molar-refractivity contribution < 1.29 is 4.74 Å². The first-order valence-corrected chi connectivity index (χ1v) is 6.03. The predicted molar refractivity (Wildman–Crippen MR) is 72.5 cm³/mol. The lowest BCUT2D eigenvalue weighted by Gasteiger charge is -2.15. The van der Waals surface area contributed by atoms with Gasteiger partial charge in [-0.25, -0.2) is 9.97 Å². The van der Waals surface area contributed by atoms with Crippen molar-refractivity contribution in [1.29, 1.82) is 0 Å². The van der Waals surface area contributed by atoms with E-state index in [0.717, 1.165) is 12.4 Å². The van der Waals surface area contributed by atoms with Crippen LogP contribution in [0.3, 0.4) is 0 Å². The first-order chi connectivity index (χ1) is 8.69. The van der Waals surface area contributed by atoms with E-state index in [0.29, 0.717) is 16.7 Å². The molecule has 2 aromatic rings. The number of hydrogen-bond donors (Lipinski definition) is 0. The van der Waals surface area contributed by atoms with Gasteiger partial charge in [0.1, 0.15) is 17.9 Å². The Morgan fingerprint density at radius 2 is 1.94 bits per heavy atom. The molecule has 1 aromatic carbocycles. The van der Waals surface area contributed by atoms with Crippen LogP contribution in [0.2, 0.25) is 5.02 Å². The van der Waals surface area contributed by atoms with E-state index in [1.54, 1.807) is 30.3 Å². The summed E-state index contributed by atoms with van der Waals surface area (Å²) in [4.78, 5) is 10.3. The van der Waals surface area contributed by atoms with Gasteiger partial charge in [0.15, 0.2) is 0 Å². The van der Waals surface area contributed by atoms with Gasteiger partial charge in [-0.1, -0.05) is 11.6 Å². The van der Waals surface area contributed by atoms with Gasteiger partial charge < -0.3 is 9.64 Å². The van der Waals surface area contributed by atoms with Crippen molar-refractivity contribution in [3.8, 4) is 11.6 Å². The minimum atomic E-state index is 0.516. The van der Waals surface area contributed by atoms with E-state index in [1.807, 2.05) is 11.9 Å². The summed E-state index contributed by atoms with van der Waals surface area (Å²) in [6, 6.07) is 8.95. The summed E-state index contributed by atoms with van der Waals surface area (Å²) >= 11 is 5.81. The number of aromatic nitrogens is 2. The molecule has 0 aliphatic heterocycles. The van der Waals surface area contributed by atoms with Crippen molar-refractivity contribution in [2.75, 3.05) is 18.5 Å². The molecule has 0 unspecified atom stereocenters. The molecule has 1 heterocycles. The van der Waals surface area contributed by atoms with Crippen LogP contribution in [0, 0.1) is 0 Å². The zero-order valence-corrected chi connectivity index (χ0v) is 11.1. The van der Waals surface area contributed by atoms with Gasteiger partial charge in [-0.05, 0) is 31.2 Å². The Kier molecular flexibility index (Phi) is 3.99. The van der Waals surface area contributed by atoms with E-state index in [1.165, 1.54) is 6.33 Å². The normalized spacial score (nSPS) is 10.2. The molecule has 18 heavy (non-hydrogen) atoms. The van der Waals surface area contributed by atoms with Crippen LogP contribution in [0.5, 0.6) is 11.6 Å². The van der Waals surface area contributed by atoms with Crippen molar-refractivity contribution in [3.63, 3.8) is 0 Å². The number of ether oxygens (including phenoxy) is 1. The second-order valence-electron chi connectivity index (χ2n) is 3.78. The molecule has 0 bridgehead atoms. The molecule has 94 valence electrons. The molecule has 0 fully saturated rings. The Balaban J connectivity index is 2.16. The van der Waals surface area contributed by atoms with Gasteiger partial charge in [-0.15, -0.1) is 0 Å². The Bertz CT molecular complexity index is 516. The lowest BCUT2D eigenvalue weighted by Crippen LogP contribution is -2.17. The highest BCUT2D eigenvalue weighted by Gasteiger charge is 2.04. The molecular weight excluding hydrogens is 250 g/mol. The van der Waals surface area contributed by atoms with Gasteiger partial charge in [0.2, 0.25) is 5.88 Å². The third-order valence-corrected chi connectivity index (χ3v) is 2.78. The van der Waals surface area contributed by atoms with Crippen LogP contribution in [0.1, 0.15) is 6.92 Å². The number of hydrogen-bond acceptors (Lipinski definition) is 4. The number of benzene rings is 1. The van der Waals surface area contributed by atoms with Crippen molar-refractivity contribution in [3.05, 3.63) is 41.7 Å². The Hall–Kier alpha value is -1.81. The van der Waals surface area contributed by atoms with Crippen molar-refractivity contribution in [2.24, 2.45) is 0 Å². The van der Waals surface area contributed by atoms with Crippen LogP contribution in [0.4, 0.5) is 5.82 Å². The van der Waals surface area contributed by atoms with Crippen molar-refractivity contribution in [2.45, 2.75) is 6.92 Å². The highest BCUT2D eigenvalue weighted by atomic mass is 35.5. The minimum absolute atomic E-state index is 0.516. The highest BCUT2D eigenvalue weighted by Crippen LogP contribution is 2.23. The monoisotopic (exact) mass is 263 g/mol. The molecule has 0 aliphatic rings. The first kappa shape index (κ1) is 12.6. The second kappa shape index (κ2) is 5.69. The Morgan fingerprint density at radius 1 is 1.22 bits per heavy atom. The molecule has 0 spiro atoms. The topological polar surface area (TPSA) is 38.2 Å². The van der Waals surface area contributed by atoms with Gasteiger partial charge in [0.05, 0.1) is 0 Å². The standard InChI is InChI=1S/C13H14ClN3O/c1-3-17(2)12-8-13(16-9-15-12)18-11-6-4-10(14)5-7-11/h4-9H,3H2,1-2H3. The van der Waals surface area contributed by atoms with Gasteiger partial charge in [-0.2, -0.15) is 0 Å². The van der Waals surface area contributed by atoms with Crippen LogP contribution in [0.25, 0.3) is 0 Å². The maximum absolute atomic E-state index is 5.81. The number of anilines is 1.